The van der Waals surface area contributed by atoms with Crippen molar-refractivity contribution in [1.82, 2.24) is 4.98 Å². The molecule has 29 heavy (non-hydrogen) atoms. The molecule has 3 rings (SSSR count). The molecule has 3 nitrogen and oxygen atoms in total. The van der Waals surface area contributed by atoms with Gasteiger partial charge in [-0.15, -0.1) is 0 Å². The summed E-state index contributed by atoms with van der Waals surface area (Å²) in [5.74, 6) is 0. The molecule has 0 saturated carbocycles. The van der Waals surface area contributed by atoms with E-state index in [1.807, 2.05) is 6.92 Å². The molecule has 1 atom stereocenters. The van der Waals surface area contributed by atoms with Crippen molar-refractivity contribution in [1.29, 1.82) is 0 Å². The Hall–Kier alpha value is -2.81. The monoisotopic (exact) mass is 414 g/mol. The fraction of sp³-hybridized carbons (Fsp3) is 0.250. The molecule has 0 radical (unpaired) electrons. The van der Waals surface area contributed by atoms with Crippen molar-refractivity contribution >= 4 is 16.6 Å². The minimum atomic E-state index is -4.97. The van der Waals surface area contributed by atoms with Gasteiger partial charge in [0.05, 0.1) is 17.2 Å². The lowest BCUT2D eigenvalue weighted by Gasteiger charge is -2.19. The lowest BCUT2D eigenvalue weighted by molar-refractivity contribution is -0.142. The fourth-order valence-corrected chi connectivity index (χ4v) is 2.92. The van der Waals surface area contributed by atoms with E-state index in [4.69, 9.17) is 0 Å². The lowest BCUT2D eigenvalue weighted by atomic mass is 9.99. The predicted octanol–water partition coefficient (Wildman–Crippen LogP) is 5.73. The molecular weight excluding hydrogens is 398 g/mol. The van der Waals surface area contributed by atoms with Crippen LogP contribution in [0.5, 0.6) is 0 Å². The average Bonchev–Trinajstić information content (AvgIpc) is 2.64. The number of hydrogen-bond donors (Lipinski definition) is 2. The zero-order chi connectivity index (χ0) is 21.4. The van der Waals surface area contributed by atoms with E-state index in [2.05, 4.69) is 10.3 Å². The topological polar surface area (TPSA) is 45.1 Å². The van der Waals surface area contributed by atoms with E-state index in [1.54, 1.807) is 24.3 Å². The molecule has 0 amide bonds. The second-order valence-electron chi connectivity index (χ2n) is 6.56. The summed E-state index contributed by atoms with van der Waals surface area (Å²) in [6, 6.07) is 10.6. The van der Waals surface area contributed by atoms with Crippen LogP contribution in [0.1, 0.15) is 28.5 Å². The number of nitrogens with zero attached hydrogens (tertiary/aromatic N) is 1. The standard InChI is InChI=1S/C20H16F6N2O/c1-11-5-7-12(8-6-11)27-10-16(29)14-9-17(20(24,25)26)28-18-13(14)3-2-4-15(18)19(21,22)23/h2-9,16,27,29H,10H2,1H3. The van der Waals surface area contributed by atoms with Crippen LogP contribution >= 0.6 is 0 Å². The van der Waals surface area contributed by atoms with Crippen LogP contribution in [0.4, 0.5) is 32.0 Å². The summed E-state index contributed by atoms with van der Waals surface area (Å²) in [5.41, 5.74) is -2.31. The number of anilines is 1. The first-order valence-corrected chi connectivity index (χ1v) is 8.53. The Bertz CT molecular complexity index is 1010. The number of pyridine rings is 1. The number of aryl methyl sites for hydroxylation is 1. The van der Waals surface area contributed by atoms with E-state index in [1.165, 1.54) is 6.07 Å². The van der Waals surface area contributed by atoms with Gasteiger partial charge in [0.2, 0.25) is 0 Å². The maximum atomic E-state index is 13.3. The van der Waals surface area contributed by atoms with E-state index in [0.717, 1.165) is 11.6 Å². The van der Waals surface area contributed by atoms with Gasteiger partial charge in [-0.3, -0.25) is 0 Å². The van der Waals surface area contributed by atoms with Crippen molar-refractivity contribution in [2.75, 3.05) is 11.9 Å². The molecule has 0 saturated heterocycles. The van der Waals surface area contributed by atoms with Crippen LogP contribution in [0.15, 0.2) is 48.5 Å². The third kappa shape index (κ3) is 4.61. The van der Waals surface area contributed by atoms with E-state index < -0.39 is 35.2 Å². The van der Waals surface area contributed by atoms with Crippen molar-refractivity contribution < 1.29 is 31.4 Å². The minimum absolute atomic E-state index is 0.189. The minimum Gasteiger partial charge on any atom is -0.387 e. The second-order valence-corrected chi connectivity index (χ2v) is 6.56. The number of para-hydroxylation sites is 1. The number of alkyl halides is 6. The maximum absolute atomic E-state index is 13.3. The number of hydrogen-bond acceptors (Lipinski definition) is 3. The molecular formula is C20H16F6N2O. The number of fused-ring (bicyclic) bond motifs is 1. The van der Waals surface area contributed by atoms with Gasteiger partial charge in [-0.1, -0.05) is 29.8 Å². The summed E-state index contributed by atoms with van der Waals surface area (Å²) in [7, 11) is 0. The quantitative estimate of drug-likeness (QED) is 0.537. The van der Waals surface area contributed by atoms with Crippen molar-refractivity contribution in [2.45, 2.75) is 25.4 Å². The Morgan fingerprint density at radius 2 is 1.62 bits per heavy atom. The van der Waals surface area contributed by atoms with E-state index >= 15 is 0 Å². The van der Waals surface area contributed by atoms with Crippen LogP contribution in [0, 0.1) is 6.92 Å². The van der Waals surface area contributed by atoms with Crippen LogP contribution in [0.25, 0.3) is 10.9 Å². The van der Waals surface area contributed by atoms with Gasteiger partial charge in [0.25, 0.3) is 0 Å². The SMILES string of the molecule is Cc1ccc(NCC(O)c2cc(C(F)(F)F)nc3c(C(F)(F)F)cccc23)cc1. The van der Waals surface area contributed by atoms with E-state index in [-0.39, 0.29) is 17.5 Å². The van der Waals surface area contributed by atoms with E-state index in [0.29, 0.717) is 17.8 Å². The van der Waals surface area contributed by atoms with Crippen molar-refractivity contribution in [2.24, 2.45) is 0 Å². The molecule has 9 heteroatoms. The van der Waals surface area contributed by atoms with Crippen LogP contribution < -0.4 is 5.32 Å². The Morgan fingerprint density at radius 1 is 0.966 bits per heavy atom. The summed E-state index contributed by atoms with van der Waals surface area (Å²) in [6.07, 6.45) is -11.4. The molecule has 2 N–H and O–H groups in total. The van der Waals surface area contributed by atoms with Gasteiger partial charge >= 0.3 is 12.4 Å². The molecule has 3 aromatic rings. The molecule has 2 aromatic carbocycles. The largest absolute Gasteiger partial charge is 0.433 e. The summed E-state index contributed by atoms with van der Waals surface area (Å²) in [6.45, 7) is 1.67. The van der Waals surface area contributed by atoms with Gasteiger partial charge in [-0.2, -0.15) is 26.3 Å². The first kappa shape index (κ1) is 20.9. The van der Waals surface area contributed by atoms with Crippen molar-refractivity contribution in [3.63, 3.8) is 0 Å². The molecule has 1 heterocycles. The molecule has 1 unspecified atom stereocenters. The Labute approximate surface area is 162 Å². The first-order chi connectivity index (χ1) is 13.5. The smallest absolute Gasteiger partial charge is 0.387 e. The number of halogens is 6. The molecule has 0 spiro atoms. The highest BCUT2D eigenvalue weighted by Gasteiger charge is 2.37. The number of aliphatic hydroxyl groups excluding tert-OH is 1. The molecule has 1 aromatic heterocycles. The van der Waals surface area contributed by atoms with Gasteiger partial charge in [-0.25, -0.2) is 4.98 Å². The third-order valence-electron chi connectivity index (χ3n) is 4.38. The van der Waals surface area contributed by atoms with Crippen LogP contribution in [0.3, 0.4) is 0 Å². The Balaban J connectivity index is 2.06. The van der Waals surface area contributed by atoms with Gasteiger partial charge in [0, 0.05) is 17.6 Å². The highest BCUT2D eigenvalue weighted by atomic mass is 19.4. The average molecular weight is 414 g/mol. The Morgan fingerprint density at radius 3 is 2.21 bits per heavy atom. The number of aliphatic hydroxyl groups is 1. The number of aromatic nitrogens is 1. The number of rotatable bonds is 4. The van der Waals surface area contributed by atoms with Crippen LogP contribution in [0.2, 0.25) is 0 Å². The molecule has 0 bridgehead atoms. The first-order valence-electron chi connectivity index (χ1n) is 8.53. The van der Waals surface area contributed by atoms with Crippen LogP contribution in [-0.4, -0.2) is 16.6 Å². The highest BCUT2D eigenvalue weighted by molar-refractivity contribution is 5.86. The summed E-state index contributed by atoms with van der Waals surface area (Å²) in [5, 5.41) is 13.2. The van der Waals surface area contributed by atoms with Gasteiger partial charge in [-0.05, 0) is 36.8 Å². The van der Waals surface area contributed by atoms with Crippen LogP contribution in [-0.2, 0) is 12.4 Å². The zero-order valence-electron chi connectivity index (χ0n) is 15.1. The molecule has 154 valence electrons. The lowest BCUT2D eigenvalue weighted by Crippen LogP contribution is -2.17. The third-order valence-corrected chi connectivity index (χ3v) is 4.38. The highest BCUT2D eigenvalue weighted by Crippen LogP contribution is 2.38. The van der Waals surface area contributed by atoms with Gasteiger partial charge in [0.15, 0.2) is 0 Å². The molecule has 0 aliphatic carbocycles. The maximum Gasteiger partial charge on any atom is 0.433 e. The number of benzene rings is 2. The Kier molecular flexibility index (Phi) is 5.44. The van der Waals surface area contributed by atoms with Gasteiger partial charge in [0.1, 0.15) is 5.69 Å². The fourth-order valence-electron chi connectivity index (χ4n) is 2.92. The summed E-state index contributed by atoms with van der Waals surface area (Å²) >= 11 is 0. The molecule has 0 fully saturated rings. The summed E-state index contributed by atoms with van der Waals surface area (Å²) in [4.78, 5) is 3.21. The molecule has 0 aliphatic heterocycles. The number of nitrogens with one attached hydrogen (secondary N) is 1. The molecule has 0 aliphatic rings. The zero-order valence-corrected chi connectivity index (χ0v) is 15.1. The summed E-state index contributed by atoms with van der Waals surface area (Å²) < 4.78 is 79.6. The van der Waals surface area contributed by atoms with E-state index in [9.17, 15) is 31.4 Å². The normalized spacial score (nSPS) is 13.5. The second kappa shape index (κ2) is 7.55. The van der Waals surface area contributed by atoms with Crippen molar-refractivity contribution in [3.8, 4) is 0 Å². The predicted molar refractivity (Wildman–Crippen MR) is 96.4 cm³/mol. The van der Waals surface area contributed by atoms with Crippen molar-refractivity contribution in [3.05, 3.63) is 70.9 Å². The van der Waals surface area contributed by atoms with Gasteiger partial charge < -0.3 is 10.4 Å².